The lowest BCUT2D eigenvalue weighted by Gasteiger charge is -2.26. The maximum absolute atomic E-state index is 12.0. The van der Waals surface area contributed by atoms with E-state index in [-0.39, 0.29) is 24.1 Å². The van der Waals surface area contributed by atoms with Gasteiger partial charge in [-0.1, -0.05) is 26.0 Å². The molecule has 8 heteroatoms. The first-order chi connectivity index (χ1) is 9.69. The second kappa shape index (κ2) is 8.47. The molecule has 0 spiro atoms. The summed E-state index contributed by atoms with van der Waals surface area (Å²) in [6, 6.07) is 6.31. The van der Waals surface area contributed by atoms with Crippen molar-refractivity contribution in [1.82, 2.24) is 5.32 Å². The average Bonchev–Trinajstić information content (AvgIpc) is 2.43. The van der Waals surface area contributed by atoms with E-state index in [2.05, 4.69) is 5.32 Å². The molecule has 0 atom stereocenters. The SMILES string of the molecule is CCC(N)(CC)CNC(=O)c1ccc(CS(N)(=O)=O)cc1.Cl. The molecule has 0 aromatic heterocycles. The Hall–Kier alpha value is -1.15. The summed E-state index contributed by atoms with van der Waals surface area (Å²) in [6.45, 7) is 4.37. The molecule has 1 rings (SSSR count). The van der Waals surface area contributed by atoms with Crippen LogP contribution in [-0.2, 0) is 15.8 Å². The highest BCUT2D eigenvalue weighted by Crippen LogP contribution is 2.11. The predicted octanol–water partition coefficient (Wildman–Crippen LogP) is 1.14. The number of amides is 1. The fourth-order valence-electron chi connectivity index (χ4n) is 1.84. The molecule has 1 aromatic rings. The first kappa shape index (κ1) is 20.9. The van der Waals surface area contributed by atoms with Gasteiger partial charge in [0.1, 0.15) is 0 Å². The van der Waals surface area contributed by atoms with Crippen molar-refractivity contribution >= 4 is 28.3 Å². The molecule has 0 aliphatic rings. The van der Waals surface area contributed by atoms with E-state index in [1.807, 2.05) is 13.8 Å². The predicted molar refractivity (Wildman–Crippen MR) is 90.3 cm³/mol. The zero-order chi connectivity index (χ0) is 16.1. The molecule has 0 bridgehead atoms. The van der Waals surface area contributed by atoms with Crippen LogP contribution in [0.1, 0.15) is 42.6 Å². The van der Waals surface area contributed by atoms with Crippen LogP contribution < -0.4 is 16.2 Å². The molecular formula is C14H24ClN3O3S. The van der Waals surface area contributed by atoms with E-state index in [1.165, 1.54) is 0 Å². The normalized spacial score (nSPS) is 11.6. The van der Waals surface area contributed by atoms with Crippen LogP contribution in [0.15, 0.2) is 24.3 Å². The van der Waals surface area contributed by atoms with Gasteiger partial charge in [0, 0.05) is 17.6 Å². The van der Waals surface area contributed by atoms with Crippen LogP contribution in [0.2, 0.25) is 0 Å². The van der Waals surface area contributed by atoms with E-state index < -0.39 is 15.6 Å². The van der Waals surface area contributed by atoms with Gasteiger partial charge in [-0.15, -0.1) is 12.4 Å². The minimum atomic E-state index is -3.56. The summed E-state index contributed by atoms with van der Waals surface area (Å²) < 4.78 is 22.0. The largest absolute Gasteiger partial charge is 0.350 e. The maximum atomic E-state index is 12.0. The first-order valence-corrected chi connectivity index (χ1v) is 8.57. The van der Waals surface area contributed by atoms with Gasteiger partial charge < -0.3 is 11.1 Å². The molecule has 1 amide bonds. The zero-order valence-corrected chi connectivity index (χ0v) is 14.5. The van der Waals surface area contributed by atoms with Crippen molar-refractivity contribution in [3.8, 4) is 0 Å². The summed E-state index contributed by atoms with van der Waals surface area (Å²) in [5.41, 5.74) is 6.73. The smallest absolute Gasteiger partial charge is 0.251 e. The number of sulfonamides is 1. The molecule has 0 radical (unpaired) electrons. The third-order valence-electron chi connectivity index (χ3n) is 3.59. The van der Waals surface area contributed by atoms with Crippen molar-refractivity contribution in [3.05, 3.63) is 35.4 Å². The Kier molecular flexibility index (Phi) is 8.03. The Bertz CT molecular complexity index is 584. The number of nitrogens with one attached hydrogen (secondary N) is 1. The lowest BCUT2D eigenvalue weighted by molar-refractivity contribution is 0.0942. The van der Waals surface area contributed by atoms with Gasteiger partial charge in [0.05, 0.1) is 5.75 Å². The second-order valence-corrected chi connectivity index (χ2v) is 6.87. The monoisotopic (exact) mass is 349 g/mol. The molecule has 126 valence electrons. The van der Waals surface area contributed by atoms with Gasteiger partial charge in [-0.3, -0.25) is 4.79 Å². The lowest BCUT2D eigenvalue weighted by Crippen LogP contribution is -2.49. The van der Waals surface area contributed by atoms with Crippen molar-refractivity contribution in [2.75, 3.05) is 6.54 Å². The Balaban J connectivity index is 0.00000441. The fraction of sp³-hybridized carbons (Fsp3) is 0.500. The van der Waals surface area contributed by atoms with E-state index in [4.69, 9.17) is 10.9 Å². The minimum Gasteiger partial charge on any atom is -0.350 e. The summed E-state index contributed by atoms with van der Waals surface area (Å²) in [4.78, 5) is 12.0. The highest BCUT2D eigenvalue weighted by atomic mass is 35.5. The number of halogens is 1. The summed E-state index contributed by atoms with van der Waals surface area (Å²) in [6.07, 6.45) is 1.55. The van der Waals surface area contributed by atoms with Crippen LogP contribution in [0.3, 0.4) is 0 Å². The van der Waals surface area contributed by atoms with Crippen molar-refractivity contribution in [1.29, 1.82) is 0 Å². The second-order valence-electron chi connectivity index (χ2n) is 5.26. The summed E-state index contributed by atoms with van der Waals surface area (Å²) in [7, 11) is -3.56. The Labute approximate surface area is 138 Å². The van der Waals surface area contributed by atoms with E-state index in [9.17, 15) is 13.2 Å². The molecular weight excluding hydrogens is 326 g/mol. The van der Waals surface area contributed by atoms with E-state index in [0.29, 0.717) is 17.7 Å². The van der Waals surface area contributed by atoms with Gasteiger partial charge in [0.25, 0.3) is 5.91 Å². The first-order valence-electron chi connectivity index (χ1n) is 6.85. The van der Waals surface area contributed by atoms with Gasteiger partial charge in [0.15, 0.2) is 0 Å². The van der Waals surface area contributed by atoms with Crippen LogP contribution in [0.5, 0.6) is 0 Å². The summed E-state index contributed by atoms with van der Waals surface area (Å²) >= 11 is 0. The third-order valence-corrected chi connectivity index (χ3v) is 4.33. The highest BCUT2D eigenvalue weighted by molar-refractivity contribution is 7.88. The number of hydrogen-bond donors (Lipinski definition) is 3. The number of hydrogen-bond acceptors (Lipinski definition) is 4. The highest BCUT2D eigenvalue weighted by Gasteiger charge is 2.21. The van der Waals surface area contributed by atoms with Crippen LogP contribution in [0.4, 0.5) is 0 Å². The molecule has 0 heterocycles. The molecule has 1 aromatic carbocycles. The molecule has 22 heavy (non-hydrogen) atoms. The fourth-order valence-corrected chi connectivity index (χ4v) is 2.50. The average molecular weight is 350 g/mol. The molecule has 0 saturated heterocycles. The van der Waals surface area contributed by atoms with Crippen molar-refractivity contribution in [2.45, 2.75) is 38.0 Å². The molecule has 0 saturated carbocycles. The number of nitrogens with two attached hydrogens (primary N) is 2. The van der Waals surface area contributed by atoms with E-state index in [0.717, 1.165) is 12.8 Å². The molecule has 0 aliphatic heterocycles. The molecule has 6 nitrogen and oxygen atoms in total. The number of benzene rings is 1. The topological polar surface area (TPSA) is 115 Å². The third kappa shape index (κ3) is 6.74. The standard InChI is InChI=1S/C14H23N3O3S.ClH/c1-3-14(15,4-2)10-17-13(18)12-7-5-11(6-8-12)9-21(16,19)20;/h5-8H,3-4,9-10,15H2,1-2H3,(H,17,18)(H2,16,19,20);1H. The number of carbonyl (C=O) groups excluding carboxylic acids is 1. The van der Waals surface area contributed by atoms with Gasteiger partial charge in [-0.25, -0.2) is 13.6 Å². The Morgan fingerprint density at radius 3 is 2.09 bits per heavy atom. The summed E-state index contributed by atoms with van der Waals surface area (Å²) in [5.74, 6) is -0.471. The molecule has 0 fully saturated rings. The van der Waals surface area contributed by atoms with Gasteiger partial charge in [0.2, 0.25) is 10.0 Å². The Morgan fingerprint density at radius 2 is 1.68 bits per heavy atom. The van der Waals surface area contributed by atoms with Crippen molar-refractivity contribution in [3.63, 3.8) is 0 Å². The van der Waals surface area contributed by atoms with E-state index in [1.54, 1.807) is 24.3 Å². The van der Waals surface area contributed by atoms with Gasteiger partial charge in [-0.05, 0) is 30.5 Å². The molecule has 0 aliphatic carbocycles. The van der Waals surface area contributed by atoms with Crippen molar-refractivity contribution in [2.24, 2.45) is 10.9 Å². The molecule has 5 N–H and O–H groups in total. The minimum absolute atomic E-state index is 0. The van der Waals surface area contributed by atoms with Gasteiger partial charge >= 0.3 is 0 Å². The summed E-state index contributed by atoms with van der Waals surface area (Å²) in [5, 5.41) is 7.77. The number of rotatable bonds is 7. The van der Waals surface area contributed by atoms with Crippen LogP contribution in [-0.4, -0.2) is 26.4 Å². The Morgan fingerprint density at radius 1 is 1.18 bits per heavy atom. The lowest BCUT2D eigenvalue weighted by atomic mass is 9.94. The van der Waals surface area contributed by atoms with E-state index >= 15 is 0 Å². The quantitative estimate of drug-likeness (QED) is 0.684. The van der Waals surface area contributed by atoms with Crippen LogP contribution in [0, 0.1) is 0 Å². The number of primary sulfonamides is 1. The van der Waals surface area contributed by atoms with Crippen molar-refractivity contribution < 1.29 is 13.2 Å². The zero-order valence-electron chi connectivity index (χ0n) is 12.8. The number of carbonyl (C=O) groups is 1. The van der Waals surface area contributed by atoms with Crippen LogP contribution in [0.25, 0.3) is 0 Å². The molecule has 0 unspecified atom stereocenters. The maximum Gasteiger partial charge on any atom is 0.251 e. The van der Waals surface area contributed by atoms with Crippen LogP contribution >= 0.6 is 12.4 Å². The van der Waals surface area contributed by atoms with Gasteiger partial charge in [-0.2, -0.15) is 0 Å².